The van der Waals surface area contributed by atoms with Crippen LogP contribution in [0.2, 0.25) is 0 Å². The van der Waals surface area contributed by atoms with E-state index in [2.05, 4.69) is 16.7 Å². The van der Waals surface area contributed by atoms with Gasteiger partial charge in [0.2, 0.25) is 5.91 Å². The van der Waals surface area contributed by atoms with Gasteiger partial charge in [-0.25, -0.2) is 0 Å². The van der Waals surface area contributed by atoms with Crippen LogP contribution in [0.1, 0.15) is 26.3 Å². The van der Waals surface area contributed by atoms with Crippen LogP contribution in [0.5, 0.6) is 0 Å². The molecule has 0 bridgehead atoms. The molecule has 0 spiro atoms. The molecule has 1 unspecified atom stereocenters. The average Bonchev–Trinajstić information content (AvgIpc) is 3.04. The van der Waals surface area contributed by atoms with Gasteiger partial charge in [0.25, 0.3) is 5.91 Å². The first kappa shape index (κ1) is 29.4. The molecule has 2 aromatic carbocycles. The number of nitriles is 1. The van der Waals surface area contributed by atoms with E-state index >= 15 is 0 Å². The third-order valence-corrected chi connectivity index (χ3v) is 7.15. The third kappa shape index (κ3) is 7.22. The molecule has 5 N–H and O–H groups in total. The summed E-state index contributed by atoms with van der Waals surface area (Å²) in [5, 5.41) is 46.0. The van der Waals surface area contributed by atoms with E-state index in [1.807, 2.05) is 32.9 Å². The van der Waals surface area contributed by atoms with E-state index in [1.165, 1.54) is 24.9 Å². The minimum Gasteiger partial charge on any atom is -0.387 e. The van der Waals surface area contributed by atoms with E-state index in [0.29, 0.717) is 11.3 Å². The van der Waals surface area contributed by atoms with Gasteiger partial charge in [0.05, 0.1) is 17.3 Å². The highest BCUT2D eigenvalue weighted by Crippen LogP contribution is 2.39. The van der Waals surface area contributed by atoms with E-state index in [0.717, 1.165) is 16.0 Å². The van der Waals surface area contributed by atoms with Crippen molar-refractivity contribution in [2.45, 2.75) is 56.1 Å². The van der Waals surface area contributed by atoms with Crippen LogP contribution in [-0.2, 0) is 14.3 Å². The molecule has 5 atom stereocenters. The molecular weight excluding hydrogens is 506 g/mol. The summed E-state index contributed by atoms with van der Waals surface area (Å²) in [6.45, 7) is 5.72. The van der Waals surface area contributed by atoms with E-state index in [4.69, 9.17) is 4.74 Å². The van der Waals surface area contributed by atoms with Crippen LogP contribution in [0.25, 0.3) is 11.1 Å². The Morgan fingerprint density at radius 3 is 2.58 bits per heavy atom. The van der Waals surface area contributed by atoms with Gasteiger partial charge >= 0.3 is 0 Å². The molecule has 202 valence electrons. The minimum absolute atomic E-state index is 0.186. The second-order valence-electron chi connectivity index (χ2n) is 10.1. The van der Waals surface area contributed by atoms with Crippen LogP contribution in [-0.4, -0.2) is 70.5 Å². The maximum atomic E-state index is 13.0. The standard InChI is InChI=1S/C28H33N3O6S/c1-28(2,3)12-11-21(32)22(33)23(34)24(37-4)27(36)31-20-15-38-25-18(9-6-10-19(25)30-26(20)35)17-8-5-7-16(13-17)14-29/h5-13,20-24,32-34H,15H2,1-4H3,(H,30,35)(H,31,36)/t20?,21-,22+,23-,24-/m1/s1. The van der Waals surface area contributed by atoms with Crippen molar-refractivity contribution in [3.05, 3.63) is 60.2 Å². The monoisotopic (exact) mass is 539 g/mol. The molecule has 0 saturated heterocycles. The molecule has 10 heteroatoms. The van der Waals surface area contributed by atoms with Gasteiger partial charge in [-0.2, -0.15) is 5.26 Å². The number of nitrogens with zero attached hydrogens (tertiary/aromatic N) is 1. The zero-order valence-electron chi connectivity index (χ0n) is 21.7. The normalized spacial score (nSPS) is 18.9. The first-order chi connectivity index (χ1) is 17.9. The topological polar surface area (TPSA) is 152 Å². The summed E-state index contributed by atoms with van der Waals surface area (Å²) in [4.78, 5) is 26.8. The Bertz CT molecular complexity index is 1240. The van der Waals surface area contributed by atoms with E-state index in [9.17, 15) is 30.2 Å². The quantitative estimate of drug-likeness (QED) is 0.321. The molecule has 3 rings (SSSR count). The molecule has 2 amide bonds. The number of hydrogen-bond acceptors (Lipinski definition) is 8. The Morgan fingerprint density at radius 2 is 1.92 bits per heavy atom. The number of hydrogen-bond donors (Lipinski definition) is 5. The van der Waals surface area contributed by atoms with Crippen molar-refractivity contribution in [2.75, 3.05) is 18.2 Å². The number of carbonyl (C=O) groups excluding carboxylic acids is 2. The van der Waals surface area contributed by atoms with Crippen molar-refractivity contribution < 1.29 is 29.6 Å². The van der Waals surface area contributed by atoms with Crippen molar-refractivity contribution in [3.63, 3.8) is 0 Å². The molecule has 0 fully saturated rings. The molecule has 1 aliphatic heterocycles. The number of methoxy groups -OCH3 is 1. The molecule has 2 aromatic rings. The van der Waals surface area contributed by atoms with Gasteiger partial charge in [0, 0.05) is 17.8 Å². The lowest BCUT2D eigenvalue weighted by Crippen LogP contribution is -2.55. The number of allylic oxidation sites excluding steroid dienone is 1. The molecular formula is C28H33N3O6S. The Labute approximate surface area is 226 Å². The van der Waals surface area contributed by atoms with Crippen molar-refractivity contribution in [1.82, 2.24) is 5.32 Å². The Balaban J connectivity index is 1.74. The fraction of sp³-hybridized carbons (Fsp3) is 0.393. The highest BCUT2D eigenvalue weighted by molar-refractivity contribution is 7.99. The Hall–Kier alpha value is -3.20. The largest absolute Gasteiger partial charge is 0.387 e. The number of aliphatic hydroxyl groups excluding tert-OH is 3. The van der Waals surface area contributed by atoms with Crippen molar-refractivity contribution >= 4 is 29.3 Å². The molecule has 1 heterocycles. The van der Waals surface area contributed by atoms with Crippen LogP contribution in [0.15, 0.2) is 59.5 Å². The first-order valence-electron chi connectivity index (χ1n) is 12.1. The smallest absolute Gasteiger partial charge is 0.252 e. The first-order valence-corrected chi connectivity index (χ1v) is 13.1. The number of benzene rings is 2. The lowest BCUT2D eigenvalue weighted by Gasteiger charge is -2.28. The fourth-order valence-electron chi connectivity index (χ4n) is 3.88. The second kappa shape index (κ2) is 12.6. The van der Waals surface area contributed by atoms with E-state index in [-0.39, 0.29) is 11.2 Å². The molecule has 0 aliphatic carbocycles. The molecule has 9 nitrogen and oxygen atoms in total. The summed E-state index contributed by atoms with van der Waals surface area (Å²) >= 11 is 1.36. The lowest BCUT2D eigenvalue weighted by atomic mass is 9.94. The summed E-state index contributed by atoms with van der Waals surface area (Å²) in [7, 11) is 1.19. The van der Waals surface area contributed by atoms with Gasteiger partial charge in [0.1, 0.15) is 24.4 Å². The molecule has 1 aliphatic rings. The molecule has 0 saturated carbocycles. The second-order valence-corrected chi connectivity index (χ2v) is 11.1. The van der Waals surface area contributed by atoms with Gasteiger partial charge < -0.3 is 30.7 Å². The van der Waals surface area contributed by atoms with Crippen molar-refractivity contribution in [2.24, 2.45) is 5.41 Å². The van der Waals surface area contributed by atoms with Crippen LogP contribution >= 0.6 is 11.8 Å². The predicted octanol–water partition coefficient (Wildman–Crippen LogP) is 2.45. The highest BCUT2D eigenvalue weighted by atomic mass is 32.2. The van der Waals surface area contributed by atoms with Gasteiger partial charge in [-0.3, -0.25) is 9.59 Å². The zero-order chi connectivity index (χ0) is 28.0. The number of anilines is 1. The number of thioether (sulfide) groups is 1. The number of aliphatic hydroxyl groups is 3. The molecule has 0 radical (unpaired) electrons. The van der Waals surface area contributed by atoms with Gasteiger partial charge in [-0.05, 0) is 34.7 Å². The van der Waals surface area contributed by atoms with Crippen LogP contribution in [0.3, 0.4) is 0 Å². The van der Waals surface area contributed by atoms with E-state index < -0.39 is 42.3 Å². The minimum atomic E-state index is -1.75. The predicted molar refractivity (Wildman–Crippen MR) is 145 cm³/mol. The van der Waals surface area contributed by atoms with Crippen LogP contribution in [0, 0.1) is 16.7 Å². The fourth-order valence-corrected chi connectivity index (χ4v) is 5.07. The Kier molecular flexibility index (Phi) is 9.71. The maximum absolute atomic E-state index is 13.0. The van der Waals surface area contributed by atoms with Gasteiger partial charge in [-0.1, -0.05) is 57.2 Å². The third-order valence-electron chi connectivity index (χ3n) is 5.92. The SMILES string of the molecule is CO[C@@H](C(=O)NC1CSc2c(cccc2-c2cccc(C#N)c2)NC1=O)[C@H](O)[C@@H](O)[C@H](O)C=CC(C)(C)C. The zero-order valence-corrected chi connectivity index (χ0v) is 22.5. The number of amides is 2. The number of rotatable bonds is 8. The summed E-state index contributed by atoms with van der Waals surface area (Å²) in [6, 6.07) is 13.8. The molecule has 0 aromatic heterocycles. The number of ether oxygens (including phenoxy) is 1. The summed E-state index contributed by atoms with van der Waals surface area (Å²) in [6.07, 6.45) is -3.37. The lowest BCUT2D eigenvalue weighted by molar-refractivity contribution is -0.150. The average molecular weight is 540 g/mol. The van der Waals surface area contributed by atoms with Crippen molar-refractivity contribution in [1.29, 1.82) is 5.26 Å². The van der Waals surface area contributed by atoms with Crippen molar-refractivity contribution in [3.8, 4) is 17.2 Å². The van der Waals surface area contributed by atoms with Gasteiger partial charge in [0.15, 0.2) is 6.10 Å². The van der Waals surface area contributed by atoms with E-state index in [1.54, 1.807) is 36.4 Å². The summed E-state index contributed by atoms with van der Waals surface area (Å²) in [5.41, 5.74) is 2.48. The maximum Gasteiger partial charge on any atom is 0.252 e. The summed E-state index contributed by atoms with van der Waals surface area (Å²) in [5.74, 6) is -1.07. The number of carbonyl (C=O) groups is 2. The summed E-state index contributed by atoms with van der Waals surface area (Å²) < 4.78 is 5.14. The number of nitrogens with one attached hydrogen (secondary N) is 2. The molecule has 38 heavy (non-hydrogen) atoms. The Morgan fingerprint density at radius 1 is 1.21 bits per heavy atom. The van der Waals surface area contributed by atoms with Gasteiger partial charge in [-0.15, -0.1) is 11.8 Å². The van der Waals surface area contributed by atoms with Crippen LogP contribution < -0.4 is 10.6 Å². The van der Waals surface area contributed by atoms with Crippen LogP contribution in [0.4, 0.5) is 5.69 Å². The number of fused-ring (bicyclic) bond motifs is 1. The highest BCUT2D eigenvalue weighted by Gasteiger charge is 2.37.